The molecule has 0 radical (unpaired) electrons. The van der Waals surface area contributed by atoms with E-state index in [2.05, 4.69) is 17.1 Å². The molecule has 1 unspecified atom stereocenters. The molecule has 4 aliphatic rings. The average Bonchev–Trinajstić information content (AvgIpc) is 3.09. The number of hydrogen-bond donors (Lipinski definition) is 1. The summed E-state index contributed by atoms with van der Waals surface area (Å²) in [7, 11) is 0. The number of carbonyl (C=O) groups is 4. The highest BCUT2D eigenvalue weighted by molar-refractivity contribution is 6.23. The van der Waals surface area contributed by atoms with Gasteiger partial charge in [-0.25, -0.2) is 0 Å². The maximum absolute atomic E-state index is 13.1. The normalized spacial score (nSPS) is 28.9. The van der Waals surface area contributed by atoms with Crippen LogP contribution in [0.15, 0.2) is 18.2 Å². The Balaban J connectivity index is 1.20. The van der Waals surface area contributed by atoms with Crippen LogP contribution in [-0.4, -0.2) is 59.1 Å². The predicted octanol–water partition coefficient (Wildman–Crippen LogP) is 3.48. The van der Waals surface area contributed by atoms with Crippen molar-refractivity contribution < 1.29 is 19.2 Å². The highest BCUT2D eigenvalue weighted by Gasteiger charge is 2.44. The molecule has 3 fully saturated rings. The molecule has 1 aromatic rings. The molecule has 1 N–H and O–H groups in total. The van der Waals surface area contributed by atoms with Crippen molar-refractivity contribution in [2.45, 2.75) is 76.7 Å². The Labute approximate surface area is 201 Å². The van der Waals surface area contributed by atoms with Gasteiger partial charge in [-0.05, 0) is 80.6 Å². The van der Waals surface area contributed by atoms with Crippen LogP contribution in [0, 0.1) is 11.8 Å². The van der Waals surface area contributed by atoms with Gasteiger partial charge in [0.05, 0.1) is 11.1 Å². The van der Waals surface area contributed by atoms with Crippen molar-refractivity contribution >= 4 is 23.6 Å². The van der Waals surface area contributed by atoms with E-state index < -0.39 is 23.8 Å². The van der Waals surface area contributed by atoms with E-state index in [1.807, 2.05) is 12.1 Å². The van der Waals surface area contributed by atoms with Gasteiger partial charge in [0, 0.05) is 13.0 Å². The van der Waals surface area contributed by atoms with E-state index in [-0.39, 0.29) is 18.7 Å². The fourth-order valence-corrected chi connectivity index (χ4v) is 6.38. The third-order valence-electron chi connectivity index (χ3n) is 8.58. The Morgan fingerprint density at radius 1 is 0.853 bits per heavy atom. The van der Waals surface area contributed by atoms with Crippen molar-refractivity contribution in [1.82, 2.24) is 15.1 Å². The molecule has 1 atom stereocenters. The molecule has 3 aliphatic heterocycles. The summed E-state index contributed by atoms with van der Waals surface area (Å²) >= 11 is 0. The summed E-state index contributed by atoms with van der Waals surface area (Å²) in [5.41, 5.74) is 1.86. The molecule has 1 aromatic carbocycles. The van der Waals surface area contributed by atoms with E-state index in [1.165, 1.54) is 38.6 Å². The minimum atomic E-state index is -0.913. The lowest BCUT2D eigenvalue weighted by Gasteiger charge is -2.36. The van der Waals surface area contributed by atoms with Crippen LogP contribution in [0.4, 0.5) is 0 Å². The van der Waals surface area contributed by atoms with Crippen molar-refractivity contribution in [3.8, 4) is 0 Å². The summed E-state index contributed by atoms with van der Waals surface area (Å²) in [6.45, 7) is 5.67. The lowest BCUT2D eigenvalue weighted by Crippen LogP contribution is -2.54. The Bertz CT molecular complexity index is 990. The molecular weight excluding hydrogens is 430 g/mol. The van der Waals surface area contributed by atoms with Gasteiger partial charge < -0.3 is 4.90 Å². The maximum atomic E-state index is 13.1. The minimum Gasteiger partial charge on any atom is -0.303 e. The van der Waals surface area contributed by atoms with Gasteiger partial charge >= 0.3 is 0 Å². The third-order valence-corrected chi connectivity index (χ3v) is 8.58. The van der Waals surface area contributed by atoms with Gasteiger partial charge in [-0.1, -0.05) is 32.3 Å². The molecule has 1 saturated carbocycles. The van der Waals surface area contributed by atoms with Crippen LogP contribution in [0.1, 0.15) is 96.9 Å². The van der Waals surface area contributed by atoms with Crippen LogP contribution < -0.4 is 5.32 Å². The lowest BCUT2D eigenvalue weighted by molar-refractivity contribution is -0.136. The molecule has 7 heteroatoms. The standard InChI is InChI=1S/C27H35N3O4/c1-2-17-3-5-18(6-4-17)16-29-13-11-19(12-14-29)20-7-8-21-22(15-20)27(34)30(26(21)33)23-9-10-24(31)28-25(23)32/h7-8,15,17-19,23H,2-6,9-14,16H2,1H3,(H,28,31,32)/t17-,18-,23?. The van der Waals surface area contributed by atoms with Crippen molar-refractivity contribution in [3.63, 3.8) is 0 Å². The summed E-state index contributed by atoms with van der Waals surface area (Å²) in [5.74, 6) is 0.361. The summed E-state index contributed by atoms with van der Waals surface area (Å²) in [5, 5.41) is 2.25. The second kappa shape index (κ2) is 9.61. The van der Waals surface area contributed by atoms with E-state index in [0.29, 0.717) is 17.0 Å². The lowest BCUT2D eigenvalue weighted by atomic mass is 9.80. The first-order chi connectivity index (χ1) is 16.4. The molecule has 5 rings (SSSR count). The molecule has 182 valence electrons. The molecule has 34 heavy (non-hydrogen) atoms. The zero-order valence-electron chi connectivity index (χ0n) is 20.1. The summed E-state index contributed by atoms with van der Waals surface area (Å²) in [6.07, 6.45) is 9.24. The van der Waals surface area contributed by atoms with Gasteiger partial charge in [0.25, 0.3) is 11.8 Å². The number of benzene rings is 1. The Morgan fingerprint density at radius 2 is 1.53 bits per heavy atom. The zero-order chi connectivity index (χ0) is 23.8. The fraction of sp³-hybridized carbons (Fsp3) is 0.630. The maximum Gasteiger partial charge on any atom is 0.262 e. The third kappa shape index (κ3) is 4.42. The molecule has 0 aromatic heterocycles. The van der Waals surface area contributed by atoms with Crippen LogP contribution >= 0.6 is 0 Å². The SMILES string of the molecule is CC[C@H]1CC[C@H](CN2CCC(c3ccc4c(c3)C(=O)N(C3CCC(=O)NC3=O)C4=O)CC2)CC1. The first kappa shape index (κ1) is 23.2. The Morgan fingerprint density at radius 3 is 2.21 bits per heavy atom. The molecule has 3 heterocycles. The van der Waals surface area contributed by atoms with Crippen LogP contribution in [0.2, 0.25) is 0 Å². The highest BCUT2D eigenvalue weighted by Crippen LogP contribution is 2.35. The summed E-state index contributed by atoms with van der Waals surface area (Å²) < 4.78 is 0. The van der Waals surface area contributed by atoms with Crippen LogP contribution in [0.5, 0.6) is 0 Å². The number of fused-ring (bicyclic) bond motifs is 1. The van der Waals surface area contributed by atoms with E-state index in [4.69, 9.17) is 0 Å². The second-order valence-electron chi connectivity index (χ2n) is 10.6. The van der Waals surface area contributed by atoms with Crippen molar-refractivity contribution in [1.29, 1.82) is 0 Å². The number of piperidine rings is 2. The van der Waals surface area contributed by atoms with Crippen LogP contribution in [0.3, 0.4) is 0 Å². The molecule has 2 saturated heterocycles. The van der Waals surface area contributed by atoms with Gasteiger partial charge in [0.1, 0.15) is 6.04 Å². The molecule has 7 nitrogen and oxygen atoms in total. The van der Waals surface area contributed by atoms with Gasteiger partial charge in [-0.15, -0.1) is 0 Å². The number of nitrogens with one attached hydrogen (secondary N) is 1. The van der Waals surface area contributed by atoms with E-state index in [9.17, 15) is 19.2 Å². The number of nitrogens with zero attached hydrogens (tertiary/aromatic N) is 2. The van der Waals surface area contributed by atoms with Gasteiger partial charge in [-0.3, -0.25) is 29.4 Å². The molecule has 1 aliphatic carbocycles. The number of rotatable bonds is 5. The largest absolute Gasteiger partial charge is 0.303 e. The first-order valence-electron chi connectivity index (χ1n) is 13.0. The predicted molar refractivity (Wildman–Crippen MR) is 127 cm³/mol. The number of amides is 4. The number of likely N-dealkylation sites (tertiary alicyclic amines) is 1. The number of imide groups is 2. The van der Waals surface area contributed by atoms with Gasteiger partial charge in [-0.2, -0.15) is 0 Å². The molecule has 0 spiro atoms. The average molecular weight is 466 g/mol. The van der Waals surface area contributed by atoms with E-state index in [0.717, 1.165) is 48.2 Å². The second-order valence-corrected chi connectivity index (χ2v) is 10.6. The molecule has 4 amide bonds. The highest BCUT2D eigenvalue weighted by atomic mass is 16.2. The number of hydrogen-bond acceptors (Lipinski definition) is 5. The van der Waals surface area contributed by atoms with Crippen molar-refractivity contribution in [2.24, 2.45) is 11.8 Å². The van der Waals surface area contributed by atoms with E-state index >= 15 is 0 Å². The fourth-order valence-electron chi connectivity index (χ4n) is 6.38. The monoisotopic (exact) mass is 465 g/mol. The molecule has 0 bridgehead atoms. The van der Waals surface area contributed by atoms with Crippen LogP contribution in [0.25, 0.3) is 0 Å². The van der Waals surface area contributed by atoms with Crippen molar-refractivity contribution in [2.75, 3.05) is 19.6 Å². The Hall–Kier alpha value is -2.54. The summed E-state index contributed by atoms with van der Waals surface area (Å²) in [4.78, 5) is 53.4. The first-order valence-corrected chi connectivity index (χ1v) is 13.0. The van der Waals surface area contributed by atoms with E-state index in [1.54, 1.807) is 6.07 Å². The minimum absolute atomic E-state index is 0.133. The molecular formula is C27H35N3O4. The van der Waals surface area contributed by atoms with Crippen LogP contribution in [-0.2, 0) is 9.59 Å². The van der Waals surface area contributed by atoms with Gasteiger partial charge in [0.2, 0.25) is 11.8 Å². The smallest absolute Gasteiger partial charge is 0.262 e. The number of carbonyl (C=O) groups excluding carboxylic acids is 4. The van der Waals surface area contributed by atoms with Crippen molar-refractivity contribution in [3.05, 3.63) is 34.9 Å². The topological polar surface area (TPSA) is 86.8 Å². The quantitative estimate of drug-likeness (QED) is 0.673. The zero-order valence-corrected chi connectivity index (χ0v) is 20.1. The summed E-state index contributed by atoms with van der Waals surface area (Å²) in [6, 6.07) is 4.68. The Kier molecular flexibility index (Phi) is 6.56. The van der Waals surface area contributed by atoms with Gasteiger partial charge in [0.15, 0.2) is 0 Å².